The highest BCUT2D eigenvalue weighted by Gasteiger charge is 2.14. The Hall–Kier alpha value is -2.98. The molecule has 26 heavy (non-hydrogen) atoms. The van der Waals surface area contributed by atoms with Crippen LogP contribution >= 0.6 is 0 Å². The highest BCUT2D eigenvalue weighted by Crippen LogP contribution is 2.33. The monoisotopic (exact) mass is 346 g/mol. The molecule has 1 unspecified atom stereocenters. The largest absolute Gasteiger partial charge is 0.454 e. The van der Waals surface area contributed by atoms with E-state index in [0.29, 0.717) is 13.3 Å². The lowest BCUT2D eigenvalue weighted by atomic mass is 9.91. The van der Waals surface area contributed by atoms with Crippen molar-refractivity contribution in [1.82, 2.24) is 0 Å². The third-order valence-electron chi connectivity index (χ3n) is 4.66. The molecule has 1 heterocycles. The maximum atomic E-state index is 6.06. The first-order valence-electron chi connectivity index (χ1n) is 8.81. The number of nitrogens with two attached hydrogens (primary N) is 1. The lowest BCUT2D eigenvalue weighted by molar-refractivity contribution is 0.174. The van der Waals surface area contributed by atoms with Gasteiger partial charge < -0.3 is 20.5 Å². The Kier molecular flexibility index (Phi) is 4.75. The van der Waals surface area contributed by atoms with Crippen molar-refractivity contribution in [2.75, 3.05) is 18.7 Å². The van der Waals surface area contributed by atoms with Crippen molar-refractivity contribution in [3.8, 4) is 11.5 Å². The Balaban J connectivity index is 1.49. The van der Waals surface area contributed by atoms with E-state index >= 15 is 0 Å². The van der Waals surface area contributed by atoms with E-state index in [9.17, 15) is 0 Å². The normalized spacial score (nSPS) is 13.4. The van der Waals surface area contributed by atoms with Crippen molar-refractivity contribution in [1.29, 1.82) is 0 Å². The van der Waals surface area contributed by atoms with Crippen LogP contribution in [0.3, 0.4) is 0 Å². The van der Waals surface area contributed by atoms with Crippen LogP contribution in [-0.2, 0) is 6.54 Å². The van der Waals surface area contributed by atoms with Gasteiger partial charge in [-0.2, -0.15) is 0 Å². The summed E-state index contributed by atoms with van der Waals surface area (Å²) in [5.41, 5.74) is 10.7. The second-order valence-electron chi connectivity index (χ2n) is 6.37. The van der Waals surface area contributed by atoms with Gasteiger partial charge in [0.25, 0.3) is 0 Å². The summed E-state index contributed by atoms with van der Waals surface area (Å²) in [5, 5.41) is 3.49. The molecule has 0 saturated heterocycles. The molecule has 0 aliphatic carbocycles. The van der Waals surface area contributed by atoms with E-state index in [-0.39, 0.29) is 5.92 Å². The first kappa shape index (κ1) is 16.5. The highest BCUT2D eigenvalue weighted by molar-refractivity contribution is 5.50. The summed E-state index contributed by atoms with van der Waals surface area (Å²) in [4.78, 5) is 0. The van der Waals surface area contributed by atoms with Gasteiger partial charge in [-0.15, -0.1) is 0 Å². The highest BCUT2D eigenvalue weighted by atomic mass is 16.7. The summed E-state index contributed by atoms with van der Waals surface area (Å²) >= 11 is 0. The molecule has 0 amide bonds. The summed E-state index contributed by atoms with van der Waals surface area (Å²) in [6, 6.07) is 24.9. The second kappa shape index (κ2) is 7.50. The summed E-state index contributed by atoms with van der Waals surface area (Å²) < 4.78 is 10.8. The van der Waals surface area contributed by atoms with E-state index < -0.39 is 0 Å². The number of hydrogen-bond acceptors (Lipinski definition) is 4. The van der Waals surface area contributed by atoms with Gasteiger partial charge in [-0.25, -0.2) is 0 Å². The van der Waals surface area contributed by atoms with Crippen LogP contribution in [0.2, 0.25) is 0 Å². The molecule has 1 aliphatic heterocycles. The number of benzene rings is 3. The maximum Gasteiger partial charge on any atom is 0.231 e. The number of nitrogens with one attached hydrogen (secondary N) is 1. The Bertz CT molecular complexity index is 880. The quantitative estimate of drug-likeness (QED) is 0.705. The Morgan fingerprint density at radius 1 is 0.846 bits per heavy atom. The lowest BCUT2D eigenvalue weighted by Crippen LogP contribution is -2.14. The molecule has 4 heteroatoms. The zero-order chi connectivity index (χ0) is 17.8. The zero-order valence-corrected chi connectivity index (χ0v) is 14.5. The fourth-order valence-electron chi connectivity index (χ4n) is 3.27. The summed E-state index contributed by atoms with van der Waals surface area (Å²) in [7, 11) is 0. The molecule has 0 aromatic heterocycles. The molecule has 0 bridgehead atoms. The van der Waals surface area contributed by atoms with E-state index in [1.54, 1.807) is 0 Å². The molecule has 3 aromatic carbocycles. The number of rotatable bonds is 6. The molecule has 0 fully saturated rings. The van der Waals surface area contributed by atoms with E-state index in [0.717, 1.165) is 29.3 Å². The van der Waals surface area contributed by atoms with Crippen LogP contribution in [0, 0.1) is 0 Å². The van der Waals surface area contributed by atoms with Gasteiger partial charge in [-0.05, 0) is 41.0 Å². The first-order valence-corrected chi connectivity index (χ1v) is 8.81. The van der Waals surface area contributed by atoms with Crippen LogP contribution < -0.4 is 20.5 Å². The molecule has 132 valence electrons. The van der Waals surface area contributed by atoms with Crippen LogP contribution in [0.25, 0.3) is 0 Å². The average Bonchev–Trinajstić information content (AvgIpc) is 3.16. The van der Waals surface area contributed by atoms with Gasteiger partial charge in [0.15, 0.2) is 11.5 Å². The van der Waals surface area contributed by atoms with E-state index in [1.165, 1.54) is 11.1 Å². The van der Waals surface area contributed by atoms with Gasteiger partial charge in [0, 0.05) is 24.7 Å². The second-order valence-corrected chi connectivity index (χ2v) is 6.37. The third-order valence-corrected chi connectivity index (χ3v) is 4.66. The predicted molar refractivity (Wildman–Crippen MR) is 104 cm³/mol. The zero-order valence-electron chi connectivity index (χ0n) is 14.5. The average molecular weight is 346 g/mol. The van der Waals surface area contributed by atoms with Crippen LogP contribution in [0.15, 0.2) is 72.8 Å². The molecule has 4 nitrogen and oxygen atoms in total. The summed E-state index contributed by atoms with van der Waals surface area (Å²) in [5.74, 6) is 1.82. The van der Waals surface area contributed by atoms with E-state index in [2.05, 4.69) is 59.9 Å². The smallest absolute Gasteiger partial charge is 0.231 e. The molecule has 4 rings (SSSR count). The van der Waals surface area contributed by atoms with E-state index in [4.69, 9.17) is 15.2 Å². The molecular formula is C22H22N2O2. The van der Waals surface area contributed by atoms with Crippen molar-refractivity contribution >= 4 is 5.69 Å². The predicted octanol–water partition coefficient (Wildman–Crippen LogP) is 4.12. The molecule has 3 N–H and O–H groups in total. The number of hydrogen-bond donors (Lipinski definition) is 2. The summed E-state index contributed by atoms with van der Waals surface area (Å²) in [6.45, 7) is 1.60. The van der Waals surface area contributed by atoms with Crippen molar-refractivity contribution in [3.63, 3.8) is 0 Å². The van der Waals surface area contributed by atoms with Crippen molar-refractivity contribution in [3.05, 3.63) is 89.5 Å². The van der Waals surface area contributed by atoms with E-state index in [1.807, 2.05) is 18.2 Å². The minimum Gasteiger partial charge on any atom is -0.454 e. The van der Waals surface area contributed by atoms with Crippen molar-refractivity contribution < 1.29 is 9.47 Å². The van der Waals surface area contributed by atoms with Crippen LogP contribution in [0.4, 0.5) is 5.69 Å². The minimum absolute atomic E-state index is 0.198. The number of anilines is 1. The Morgan fingerprint density at radius 3 is 2.50 bits per heavy atom. The fraction of sp³-hybridized carbons (Fsp3) is 0.182. The van der Waals surface area contributed by atoms with Gasteiger partial charge in [0.05, 0.1) is 0 Å². The van der Waals surface area contributed by atoms with Crippen molar-refractivity contribution in [2.24, 2.45) is 5.73 Å². The number of fused-ring (bicyclic) bond motifs is 1. The third kappa shape index (κ3) is 3.51. The molecule has 0 saturated carbocycles. The molecule has 3 aromatic rings. The van der Waals surface area contributed by atoms with Crippen LogP contribution in [-0.4, -0.2) is 13.3 Å². The van der Waals surface area contributed by atoms with Gasteiger partial charge in [0.2, 0.25) is 6.79 Å². The topological polar surface area (TPSA) is 56.5 Å². The lowest BCUT2D eigenvalue weighted by Gasteiger charge is -2.17. The molecular weight excluding hydrogens is 324 g/mol. The molecule has 0 spiro atoms. The summed E-state index contributed by atoms with van der Waals surface area (Å²) in [6.07, 6.45) is 0. The molecule has 1 atom stereocenters. The number of ether oxygens (including phenoxy) is 2. The van der Waals surface area contributed by atoms with Crippen LogP contribution in [0.1, 0.15) is 22.6 Å². The fourth-order valence-corrected chi connectivity index (χ4v) is 3.27. The maximum absolute atomic E-state index is 6.06. The Morgan fingerprint density at radius 2 is 1.65 bits per heavy atom. The Labute approximate surface area is 153 Å². The van der Waals surface area contributed by atoms with Gasteiger partial charge in [-0.3, -0.25) is 0 Å². The first-order chi connectivity index (χ1) is 12.8. The minimum atomic E-state index is 0.198. The van der Waals surface area contributed by atoms with Gasteiger partial charge in [-0.1, -0.05) is 48.5 Å². The van der Waals surface area contributed by atoms with Crippen molar-refractivity contribution in [2.45, 2.75) is 12.5 Å². The molecule has 1 aliphatic rings. The van der Waals surface area contributed by atoms with Crippen LogP contribution in [0.5, 0.6) is 11.5 Å². The van der Waals surface area contributed by atoms with Gasteiger partial charge in [0.1, 0.15) is 0 Å². The standard InChI is InChI=1S/C22H22N2O2/c23-13-20(17-5-2-1-3-6-17)18-7-4-8-19(12-18)24-14-16-9-10-21-22(11-16)26-15-25-21/h1-12,20,24H,13-15,23H2. The SMILES string of the molecule is NCC(c1ccccc1)c1cccc(NCc2ccc3c(c2)OCO3)c1. The molecule has 0 radical (unpaired) electrons. The van der Waals surface area contributed by atoms with Gasteiger partial charge >= 0.3 is 0 Å².